The molecule has 2 aromatic carbocycles. The maximum absolute atomic E-state index is 12.4. The van der Waals surface area contributed by atoms with Gasteiger partial charge in [-0.15, -0.1) is 0 Å². The van der Waals surface area contributed by atoms with Crippen LogP contribution in [0.4, 0.5) is 0 Å². The van der Waals surface area contributed by atoms with E-state index in [0.29, 0.717) is 12.1 Å². The molecule has 0 radical (unpaired) electrons. The lowest BCUT2D eigenvalue weighted by atomic mass is 10.1. The van der Waals surface area contributed by atoms with Crippen LogP contribution >= 0.6 is 0 Å². The highest BCUT2D eigenvalue weighted by Gasteiger charge is 2.12. The second-order valence-electron chi connectivity index (χ2n) is 5.11. The molecule has 0 saturated carbocycles. The highest BCUT2D eigenvalue weighted by Crippen LogP contribution is 2.17. The topological polar surface area (TPSA) is 56.3 Å². The Morgan fingerprint density at radius 1 is 1.14 bits per heavy atom. The van der Waals surface area contributed by atoms with Crippen molar-refractivity contribution in [3.63, 3.8) is 0 Å². The fourth-order valence-corrected chi connectivity index (χ4v) is 2.35. The maximum atomic E-state index is 12.4. The quantitative estimate of drug-likeness (QED) is 0.774. The van der Waals surface area contributed by atoms with Gasteiger partial charge in [0.1, 0.15) is 5.75 Å². The summed E-state index contributed by atoms with van der Waals surface area (Å²) in [6.45, 7) is 0.502. The van der Waals surface area contributed by atoms with Gasteiger partial charge in [0, 0.05) is 30.9 Å². The fraction of sp³-hybridized carbons (Fsp3) is 0.118. The number of carbonyl (C=O) groups excluding carboxylic acids is 1. The molecular weight excluding hydrogens is 264 g/mol. The smallest absolute Gasteiger partial charge is 0.253 e. The average Bonchev–Trinajstić information content (AvgIpc) is 2.96. The van der Waals surface area contributed by atoms with E-state index in [9.17, 15) is 9.90 Å². The van der Waals surface area contributed by atoms with Crippen molar-refractivity contribution in [3.8, 4) is 5.75 Å². The molecule has 0 saturated heterocycles. The number of benzene rings is 2. The molecule has 106 valence electrons. The average molecular weight is 280 g/mol. The molecule has 0 aliphatic heterocycles. The second kappa shape index (κ2) is 5.32. The lowest BCUT2D eigenvalue weighted by Crippen LogP contribution is -2.26. The van der Waals surface area contributed by atoms with Gasteiger partial charge in [0.05, 0.1) is 0 Å². The fourth-order valence-electron chi connectivity index (χ4n) is 2.35. The molecule has 0 unspecified atom stereocenters. The molecule has 0 aliphatic carbocycles. The SMILES string of the molecule is CN(Cc1ccc(O)cc1)C(=O)c1ccc2cc[nH]c2c1. The summed E-state index contributed by atoms with van der Waals surface area (Å²) in [5.41, 5.74) is 2.59. The Kier molecular flexibility index (Phi) is 3.36. The number of aromatic nitrogens is 1. The predicted molar refractivity (Wildman–Crippen MR) is 82.2 cm³/mol. The predicted octanol–water partition coefficient (Wildman–Crippen LogP) is 3.15. The van der Waals surface area contributed by atoms with Gasteiger partial charge in [-0.05, 0) is 41.3 Å². The summed E-state index contributed by atoms with van der Waals surface area (Å²) in [6.07, 6.45) is 1.86. The lowest BCUT2D eigenvalue weighted by molar-refractivity contribution is 0.0785. The van der Waals surface area contributed by atoms with Crippen LogP contribution in [0.1, 0.15) is 15.9 Å². The van der Waals surface area contributed by atoms with Crippen molar-refractivity contribution in [1.29, 1.82) is 0 Å². The maximum Gasteiger partial charge on any atom is 0.253 e. The summed E-state index contributed by atoms with van der Waals surface area (Å²) in [5, 5.41) is 10.4. The number of amides is 1. The Bertz CT molecular complexity index is 775. The van der Waals surface area contributed by atoms with E-state index in [2.05, 4.69) is 4.98 Å². The molecule has 0 atom stereocenters. The van der Waals surface area contributed by atoms with Crippen LogP contribution < -0.4 is 0 Å². The zero-order valence-electron chi connectivity index (χ0n) is 11.7. The van der Waals surface area contributed by atoms with Gasteiger partial charge in [-0.1, -0.05) is 18.2 Å². The molecule has 1 heterocycles. The number of hydrogen-bond acceptors (Lipinski definition) is 2. The van der Waals surface area contributed by atoms with E-state index in [-0.39, 0.29) is 11.7 Å². The first-order valence-corrected chi connectivity index (χ1v) is 6.74. The minimum absolute atomic E-state index is 0.0282. The largest absolute Gasteiger partial charge is 0.508 e. The minimum atomic E-state index is -0.0282. The third kappa shape index (κ3) is 2.74. The number of carbonyl (C=O) groups is 1. The van der Waals surface area contributed by atoms with Crippen LogP contribution in [0.15, 0.2) is 54.7 Å². The van der Waals surface area contributed by atoms with E-state index in [4.69, 9.17) is 0 Å². The van der Waals surface area contributed by atoms with Crippen molar-refractivity contribution in [2.75, 3.05) is 7.05 Å². The van der Waals surface area contributed by atoms with Gasteiger partial charge in [0.2, 0.25) is 0 Å². The molecular formula is C17H16N2O2. The van der Waals surface area contributed by atoms with E-state index >= 15 is 0 Å². The number of rotatable bonds is 3. The number of phenols is 1. The lowest BCUT2D eigenvalue weighted by Gasteiger charge is -2.17. The van der Waals surface area contributed by atoms with Crippen LogP contribution in [0.3, 0.4) is 0 Å². The van der Waals surface area contributed by atoms with Gasteiger partial charge in [0.25, 0.3) is 5.91 Å². The second-order valence-corrected chi connectivity index (χ2v) is 5.11. The normalized spacial score (nSPS) is 10.7. The molecule has 21 heavy (non-hydrogen) atoms. The van der Waals surface area contributed by atoms with Crippen molar-refractivity contribution >= 4 is 16.8 Å². The standard InChI is InChI=1S/C17H16N2O2/c1-19(11-12-2-6-15(20)7-3-12)17(21)14-5-4-13-8-9-18-16(13)10-14/h2-10,18,20H,11H2,1H3. The first kappa shape index (κ1) is 13.2. The van der Waals surface area contributed by atoms with E-state index in [1.165, 1.54) is 0 Å². The molecule has 0 bridgehead atoms. The van der Waals surface area contributed by atoms with E-state index < -0.39 is 0 Å². The molecule has 2 N–H and O–H groups in total. The molecule has 1 amide bonds. The van der Waals surface area contributed by atoms with E-state index in [1.54, 1.807) is 24.1 Å². The summed E-state index contributed by atoms with van der Waals surface area (Å²) in [6, 6.07) is 14.5. The molecule has 0 aliphatic rings. The van der Waals surface area contributed by atoms with Gasteiger partial charge in [-0.2, -0.15) is 0 Å². The Labute approximate surface area is 122 Å². The number of nitrogens with one attached hydrogen (secondary N) is 1. The van der Waals surface area contributed by atoms with Crippen molar-refractivity contribution < 1.29 is 9.90 Å². The summed E-state index contributed by atoms with van der Waals surface area (Å²) in [7, 11) is 1.77. The number of aromatic amines is 1. The Morgan fingerprint density at radius 3 is 2.67 bits per heavy atom. The molecule has 0 spiro atoms. The summed E-state index contributed by atoms with van der Waals surface area (Å²) in [4.78, 5) is 17.2. The summed E-state index contributed by atoms with van der Waals surface area (Å²) >= 11 is 0. The van der Waals surface area contributed by atoms with Crippen molar-refractivity contribution in [1.82, 2.24) is 9.88 Å². The van der Waals surface area contributed by atoms with Crippen molar-refractivity contribution in [2.24, 2.45) is 0 Å². The molecule has 1 aromatic heterocycles. The molecule has 4 nitrogen and oxygen atoms in total. The van der Waals surface area contributed by atoms with Crippen molar-refractivity contribution in [3.05, 3.63) is 65.9 Å². The number of H-pyrrole nitrogens is 1. The highest BCUT2D eigenvalue weighted by atomic mass is 16.3. The van der Waals surface area contributed by atoms with Crippen LogP contribution in [0.25, 0.3) is 10.9 Å². The van der Waals surface area contributed by atoms with Crippen LogP contribution in [0.2, 0.25) is 0 Å². The summed E-state index contributed by atoms with van der Waals surface area (Å²) in [5.74, 6) is 0.199. The Morgan fingerprint density at radius 2 is 1.90 bits per heavy atom. The zero-order valence-corrected chi connectivity index (χ0v) is 11.7. The van der Waals surface area contributed by atoms with Gasteiger partial charge in [-0.25, -0.2) is 0 Å². The van der Waals surface area contributed by atoms with Crippen LogP contribution in [0, 0.1) is 0 Å². The molecule has 4 heteroatoms. The van der Waals surface area contributed by atoms with E-state index in [1.807, 2.05) is 42.6 Å². The minimum Gasteiger partial charge on any atom is -0.508 e. The summed E-state index contributed by atoms with van der Waals surface area (Å²) < 4.78 is 0. The van der Waals surface area contributed by atoms with Crippen LogP contribution in [-0.2, 0) is 6.54 Å². The Hall–Kier alpha value is -2.75. The molecule has 0 fully saturated rings. The first-order valence-electron chi connectivity index (χ1n) is 6.74. The van der Waals surface area contributed by atoms with Crippen LogP contribution in [-0.4, -0.2) is 27.9 Å². The monoisotopic (exact) mass is 280 g/mol. The number of hydrogen-bond donors (Lipinski definition) is 2. The van der Waals surface area contributed by atoms with Crippen molar-refractivity contribution in [2.45, 2.75) is 6.54 Å². The van der Waals surface area contributed by atoms with Gasteiger partial charge < -0.3 is 15.0 Å². The first-order chi connectivity index (χ1) is 10.1. The number of fused-ring (bicyclic) bond motifs is 1. The van der Waals surface area contributed by atoms with Gasteiger partial charge in [0.15, 0.2) is 0 Å². The molecule has 3 aromatic rings. The number of phenolic OH excluding ortho intramolecular Hbond substituents is 1. The Balaban J connectivity index is 1.78. The van der Waals surface area contributed by atoms with E-state index in [0.717, 1.165) is 16.5 Å². The number of nitrogens with zero attached hydrogens (tertiary/aromatic N) is 1. The zero-order chi connectivity index (χ0) is 14.8. The van der Waals surface area contributed by atoms with Gasteiger partial charge >= 0.3 is 0 Å². The third-order valence-electron chi connectivity index (χ3n) is 3.50. The van der Waals surface area contributed by atoms with Gasteiger partial charge in [-0.3, -0.25) is 4.79 Å². The van der Waals surface area contributed by atoms with Crippen LogP contribution in [0.5, 0.6) is 5.75 Å². The third-order valence-corrected chi connectivity index (χ3v) is 3.50. The highest BCUT2D eigenvalue weighted by molar-refractivity contribution is 5.97. The molecule has 3 rings (SSSR count). The number of aromatic hydroxyl groups is 1.